The maximum atomic E-state index is 12.2. The van der Waals surface area contributed by atoms with E-state index in [4.69, 9.17) is 57.6 Å². The molecule has 18 nitrogen and oxygen atoms in total. The smallest absolute Gasteiger partial charge is 0.206 e. The molecule has 13 rings (SSSR count). The molecule has 0 amide bonds. The first kappa shape index (κ1) is 90.0. The monoisotopic (exact) mass is 1750 g/mol. The number of carbonyl (C=O) groups is 2. The Kier molecular flexibility index (Phi) is 37.9. The Bertz CT molecular complexity index is 4750. The molecule has 0 fully saturated rings. The Labute approximate surface area is 688 Å². The summed E-state index contributed by atoms with van der Waals surface area (Å²) in [7, 11) is 16.1. The molecule has 0 spiro atoms. The first-order chi connectivity index (χ1) is 53.4. The third-order valence-corrected chi connectivity index (χ3v) is 23.3. The molecule has 0 saturated heterocycles. The van der Waals surface area contributed by atoms with Gasteiger partial charge in [-0.2, -0.15) is 0 Å². The summed E-state index contributed by atoms with van der Waals surface area (Å²) in [5.74, 6) is 7.98. The number of aldehydes is 1. The molecule has 26 heteroatoms. The second-order valence-electron chi connectivity index (χ2n) is 23.1. The number of aromatic hydroxyl groups is 4. The molecule has 0 aliphatic carbocycles. The lowest BCUT2D eigenvalue weighted by Gasteiger charge is -2.25. The SMILES string of the molecule is CC(c1cccs1)c1ccc(O)cc1O.COc1ccc(Br)c(OC)c1.COc1ccc(C(=O)c2cccs2)c(OC)c1.COc1ccc(C(C)(O)c2cccs2)c(OC)c1.COc1ccc(C(C)c2cccs2)c(OC)c1.COc1ccc(C(O)c2cccs2)c(OC)c1.O=Cc1cccs1.Oc1ccc(Br)c(O)c1. The molecule has 0 aliphatic rings. The third kappa shape index (κ3) is 27.0. The van der Waals surface area contributed by atoms with Gasteiger partial charge in [-0.25, -0.2) is 0 Å². The number of phenolic OH excluding ortho intramolecular Hbond substituents is 4. The molecule has 111 heavy (non-hydrogen) atoms. The fourth-order valence-corrected chi connectivity index (χ4v) is 15.1. The molecular formula is C85H88Br2O18S6. The van der Waals surface area contributed by atoms with E-state index in [1.54, 1.807) is 161 Å². The van der Waals surface area contributed by atoms with Crippen LogP contribution < -0.4 is 47.4 Å². The molecule has 0 bridgehead atoms. The van der Waals surface area contributed by atoms with Crippen molar-refractivity contribution in [3.8, 4) is 80.5 Å². The van der Waals surface area contributed by atoms with Gasteiger partial charge in [0.2, 0.25) is 5.78 Å². The van der Waals surface area contributed by atoms with E-state index >= 15 is 0 Å². The van der Waals surface area contributed by atoms with Gasteiger partial charge in [-0.3, -0.25) is 9.59 Å². The molecule has 6 aromatic heterocycles. The lowest BCUT2D eigenvalue weighted by atomic mass is 9.93. The summed E-state index contributed by atoms with van der Waals surface area (Å²) in [5, 5.41) is 69.3. The number of ether oxygens (including phenoxy) is 10. The van der Waals surface area contributed by atoms with Gasteiger partial charge in [0.25, 0.3) is 0 Å². The van der Waals surface area contributed by atoms with Gasteiger partial charge in [0.05, 0.1) is 95.4 Å². The van der Waals surface area contributed by atoms with Gasteiger partial charge < -0.3 is 78.0 Å². The van der Waals surface area contributed by atoms with E-state index in [0.29, 0.717) is 55.3 Å². The number of rotatable bonds is 21. The van der Waals surface area contributed by atoms with Crippen molar-refractivity contribution in [1.82, 2.24) is 0 Å². The van der Waals surface area contributed by atoms with Crippen LogP contribution in [0.3, 0.4) is 0 Å². The van der Waals surface area contributed by atoms with E-state index in [9.17, 15) is 30.0 Å². The van der Waals surface area contributed by atoms with E-state index in [1.165, 1.54) is 78.9 Å². The number of carbonyl (C=O) groups excluding carboxylic acids is 2. The molecule has 0 aliphatic heterocycles. The van der Waals surface area contributed by atoms with Gasteiger partial charge in [0.1, 0.15) is 92.2 Å². The van der Waals surface area contributed by atoms with Crippen LogP contribution in [0.2, 0.25) is 0 Å². The fraction of sp³-hybridized carbons (Fsp3) is 0.200. The van der Waals surface area contributed by atoms with Crippen LogP contribution in [-0.4, -0.2) is 114 Å². The summed E-state index contributed by atoms with van der Waals surface area (Å²) in [4.78, 5) is 27.9. The van der Waals surface area contributed by atoms with Crippen molar-refractivity contribution < 1.29 is 87.6 Å². The standard InChI is InChI=1S/C14H16O3S.C14H16O2S.C13H14O3S.C13H12O3S.C12H12O2S.C8H9BrO2.C6H5BrO2.C5H4OS/c1-14(15,13-5-4-8-18-13)11-7-6-10(16-2)9-12(11)17-3;1-10(14-5-4-8-17-14)12-7-6-11(15-2)9-13(12)16-3;2*1-15-9-5-6-10(11(8-9)16-2)13(14)12-4-3-7-17-12;1-8(12-3-2-6-15-12)10-5-4-9(13)7-11(10)14;1-10-6-3-4-7(9)8(5-6)11-2;7-5-2-1-4(8)3-6(5)9;6-4-5-2-1-3-7-5/h4-9,15H,1-3H3;4-10H,1-3H3;3-8,13-14H,1-2H3;3-8H,1-2H3;2-8,13-14H,1H3;3-5H,1-2H3;1-3,8-9H;1-4H. The maximum Gasteiger partial charge on any atom is 0.206 e. The zero-order valence-electron chi connectivity index (χ0n) is 63.1. The Morgan fingerprint density at radius 1 is 0.396 bits per heavy atom. The van der Waals surface area contributed by atoms with Crippen molar-refractivity contribution in [3.05, 3.63) is 298 Å². The number of thiophene rings is 6. The summed E-state index contributed by atoms with van der Waals surface area (Å²) in [6.45, 7) is 6.00. The number of ketones is 1. The summed E-state index contributed by atoms with van der Waals surface area (Å²) >= 11 is 15.7. The highest BCUT2D eigenvalue weighted by Gasteiger charge is 2.30. The Morgan fingerprint density at radius 3 is 1.25 bits per heavy atom. The van der Waals surface area contributed by atoms with Crippen LogP contribution in [0.4, 0.5) is 0 Å². The number of benzene rings is 7. The van der Waals surface area contributed by atoms with E-state index in [1.807, 2.05) is 137 Å². The average molecular weight is 1750 g/mol. The Morgan fingerprint density at radius 2 is 0.802 bits per heavy atom. The van der Waals surface area contributed by atoms with Crippen molar-refractivity contribution in [1.29, 1.82) is 0 Å². The minimum absolute atomic E-state index is 0.0282. The van der Waals surface area contributed by atoms with Crippen molar-refractivity contribution in [3.63, 3.8) is 0 Å². The summed E-state index contributed by atoms with van der Waals surface area (Å²) in [5.41, 5.74) is 3.00. The summed E-state index contributed by atoms with van der Waals surface area (Å²) in [6, 6.07) is 59.8. The number of aliphatic hydroxyl groups excluding tert-OH is 1. The molecular weight excluding hydrogens is 1660 g/mol. The Hall–Kier alpha value is -9.84. The Balaban J connectivity index is 0.000000201. The predicted octanol–water partition coefficient (Wildman–Crippen LogP) is 22.0. The zero-order valence-corrected chi connectivity index (χ0v) is 71.2. The zero-order chi connectivity index (χ0) is 81.0. The van der Waals surface area contributed by atoms with Crippen LogP contribution >= 0.6 is 99.9 Å². The van der Waals surface area contributed by atoms with Gasteiger partial charge in [-0.05, 0) is 180 Å². The molecule has 13 aromatic rings. The van der Waals surface area contributed by atoms with Crippen LogP contribution in [0.5, 0.6) is 80.5 Å². The van der Waals surface area contributed by atoms with E-state index in [2.05, 4.69) is 62.4 Å². The van der Waals surface area contributed by atoms with E-state index in [-0.39, 0.29) is 34.7 Å². The minimum Gasteiger partial charge on any atom is -0.508 e. The fourth-order valence-electron chi connectivity index (χ4n) is 10.1. The number of halogens is 2. The highest BCUT2D eigenvalue weighted by molar-refractivity contribution is 9.11. The van der Waals surface area contributed by atoms with Crippen LogP contribution in [-0.2, 0) is 5.60 Å². The van der Waals surface area contributed by atoms with Crippen LogP contribution in [0.25, 0.3) is 0 Å². The molecule has 7 aromatic carbocycles. The number of phenols is 4. The van der Waals surface area contributed by atoms with E-state index in [0.717, 1.165) is 65.1 Å². The van der Waals surface area contributed by atoms with Crippen molar-refractivity contribution in [2.24, 2.45) is 0 Å². The molecule has 6 N–H and O–H groups in total. The van der Waals surface area contributed by atoms with Gasteiger partial charge >= 0.3 is 0 Å². The van der Waals surface area contributed by atoms with Gasteiger partial charge in [-0.15, -0.1) is 68.0 Å². The minimum atomic E-state index is -1.06. The number of methoxy groups -OCH3 is 10. The molecule has 4 atom stereocenters. The average Bonchev–Trinajstić information content (AvgIpc) is 1.77. The van der Waals surface area contributed by atoms with Crippen molar-refractivity contribution >= 4 is 112 Å². The lowest BCUT2D eigenvalue weighted by molar-refractivity contribution is 0.102. The largest absolute Gasteiger partial charge is 0.508 e. The van der Waals surface area contributed by atoms with Gasteiger partial charge in [0.15, 0.2) is 6.29 Å². The topological polar surface area (TPSA) is 248 Å². The van der Waals surface area contributed by atoms with Crippen LogP contribution in [0, 0.1) is 0 Å². The van der Waals surface area contributed by atoms with E-state index < -0.39 is 11.7 Å². The second kappa shape index (κ2) is 46.7. The van der Waals surface area contributed by atoms with Gasteiger partial charge in [0, 0.05) is 96.1 Å². The summed E-state index contributed by atoms with van der Waals surface area (Å²) in [6.07, 6.45) is 0.195. The number of hydrogen-bond acceptors (Lipinski definition) is 24. The van der Waals surface area contributed by atoms with Crippen molar-refractivity contribution in [2.45, 2.75) is 44.3 Å². The quantitative estimate of drug-likeness (QED) is 0.0289. The summed E-state index contributed by atoms with van der Waals surface area (Å²) < 4.78 is 53.4. The predicted molar refractivity (Wildman–Crippen MR) is 455 cm³/mol. The normalized spacial score (nSPS) is 11.5. The number of aliphatic hydroxyl groups is 2. The highest BCUT2D eigenvalue weighted by Crippen LogP contribution is 2.42. The molecule has 0 radical (unpaired) electrons. The van der Waals surface area contributed by atoms with Crippen molar-refractivity contribution in [2.75, 3.05) is 71.1 Å². The molecule has 586 valence electrons. The highest BCUT2D eigenvalue weighted by atomic mass is 79.9. The molecule has 4 unspecified atom stereocenters. The first-order valence-corrected chi connectivity index (χ1v) is 40.4. The second-order valence-corrected chi connectivity index (χ2v) is 30.6. The third-order valence-electron chi connectivity index (χ3n) is 16.2. The molecule has 0 saturated carbocycles. The van der Waals surface area contributed by atoms with Gasteiger partial charge in [-0.1, -0.05) is 62.4 Å². The first-order valence-electron chi connectivity index (χ1n) is 33.5. The van der Waals surface area contributed by atoms with Crippen LogP contribution in [0.15, 0.2) is 241 Å². The lowest BCUT2D eigenvalue weighted by Crippen LogP contribution is -2.22. The van der Waals surface area contributed by atoms with Crippen LogP contribution in [0.1, 0.15) is 105 Å². The molecule has 6 heterocycles. The number of hydrogen-bond donors (Lipinski definition) is 6. The maximum absolute atomic E-state index is 12.2.